The fourth-order valence-electron chi connectivity index (χ4n) is 2.76. The first-order valence-electron chi connectivity index (χ1n) is 8.08. The van der Waals surface area contributed by atoms with Gasteiger partial charge in [-0.1, -0.05) is 6.07 Å². The standard InChI is InChI=1S/C17H22N4O2S.HI/c1-18-17(19-7-6-14-4-3-13-24-14)21-10-8-20(9-11-21)16(22)15-5-2-12-23-15;/h2-5,12-13H,6-11H2,1H3,(H,18,19);1H. The Hall–Kier alpha value is -1.55. The molecule has 0 bridgehead atoms. The van der Waals surface area contributed by atoms with Gasteiger partial charge in [0.2, 0.25) is 0 Å². The first kappa shape index (κ1) is 19.8. The van der Waals surface area contributed by atoms with Crippen LogP contribution in [0.15, 0.2) is 45.3 Å². The number of nitrogens with one attached hydrogen (secondary N) is 1. The third-order valence-electron chi connectivity index (χ3n) is 4.04. The number of furan rings is 1. The molecule has 0 spiro atoms. The normalized spacial score (nSPS) is 15.0. The second-order valence-corrected chi connectivity index (χ2v) is 6.59. The average Bonchev–Trinajstić information content (AvgIpc) is 3.32. The van der Waals surface area contributed by atoms with E-state index in [1.165, 1.54) is 11.1 Å². The summed E-state index contributed by atoms with van der Waals surface area (Å²) in [5.74, 6) is 1.26. The van der Waals surface area contributed by atoms with Crippen molar-refractivity contribution in [3.8, 4) is 0 Å². The van der Waals surface area contributed by atoms with Crippen molar-refractivity contribution in [2.45, 2.75) is 6.42 Å². The smallest absolute Gasteiger partial charge is 0.289 e. The van der Waals surface area contributed by atoms with Crippen LogP contribution in [0.3, 0.4) is 0 Å². The second-order valence-electron chi connectivity index (χ2n) is 5.56. The highest BCUT2D eigenvalue weighted by Crippen LogP contribution is 2.10. The summed E-state index contributed by atoms with van der Waals surface area (Å²) in [7, 11) is 1.80. The monoisotopic (exact) mass is 474 g/mol. The van der Waals surface area contributed by atoms with E-state index >= 15 is 0 Å². The molecule has 8 heteroatoms. The molecular weight excluding hydrogens is 451 g/mol. The molecule has 3 heterocycles. The van der Waals surface area contributed by atoms with E-state index in [4.69, 9.17) is 4.42 Å². The Morgan fingerprint density at radius 3 is 2.60 bits per heavy atom. The van der Waals surface area contributed by atoms with Crippen LogP contribution in [0, 0.1) is 0 Å². The van der Waals surface area contributed by atoms with E-state index in [1.54, 1.807) is 30.5 Å². The van der Waals surface area contributed by atoms with Gasteiger partial charge in [-0.25, -0.2) is 0 Å². The van der Waals surface area contributed by atoms with Crippen LogP contribution in [0.2, 0.25) is 0 Å². The Morgan fingerprint density at radius 1 is 1.24 bits per heavy atom. The average molecular weight is 474 g/mol. The lowest BCUT2D eigenvalue weighted by molar-refractivity contribution is 0.0658. The lowest BCUT2D eigenvalue weighted by Crippen LogP contribution is -2.53. The number of hydrogen-bond donors (Lipinski definition) is 1. The summed E-state index contributed by atoms with van der Waals surface area (Å²) in [6.07, 6.45) is 2.52. The number of halogens is 1. The molecule has 0 unspecified atom stereocenters. The van der Waals surface area contributed by atoms with Crippen molar-refractivity contribution in [2.75, 3.05) is 39.8 Å². The Bertz CT molecular complexity index is 665. The summed E-state index contributed by atoms with van der Waals surface area (Å²) in [5.41, 5.74) is 0. The molecule has 6 nitrogen and oxygen atoms in total. The molecule has 1 aliphatic heterocycles. The first-order chi connectivity index (χ1) is 11.8. The molecule has 1 N–H and O–H groups in total. The summed E-state index contributed by atoms with van der Waals surface area (Å²) < 4.78 is 5.19. The van der Waals surface area contributed by atoms with Gasteiger partial charge in [0.15, 0.2) is 11.7 Å². The summed E-state index contributed by atoms with van der Waals surface area (Å²) in [4.78, 5) is 22.0. The first-order valence-corrected chi connectivity index (χ1v) is 8.96. The van der Waals surface area contributed by atoms with Crippen molar-refractivity contribution in [1.82, 2.24) is 15.1 Å². The van der Waals surface area contributed by atoms with Crippen molar-refractivity contribution < 1.29 is 9.21 Å². The highest BCUT2D eigenvalue weighted by molar-refractivity contribution is 14.0. The predicted molar refractivity (Wildman–Crippen MR) is 111 cm³/mol. The van der Waals surface area contributed by atoms with Gasteiger partial charge in [-0.2, -0.15) is 0 Å². The van der Waals surface area contributed by atoms with E-state index in [9.17, 15) is 4.79 Å². The van der Waals surface area contributed by atoms with Crippen molar-refractivity contribution in [3.05, 3.63) is 46.5 Å². The molecule has 1 saturated heterocycles. The van der Waals surface area contributed by atoms with Gasteiger partial charge in [0.05, 0.1) is 6.26 Å². The minimum Gasteiger partial charge on any atom is -0.459 e. The van der Waals surface area contributed by atoms with E-state index < -0.39 is 0 Å². The summed E-state index contributed by atoms with van der Waals surface area (Å²) in [6, 6.07) is 7.67. The third kappa shape index (κ3) is 5.21. The fourth-order valence-corrected chi connectivity index (χ4v) is 3.47. The number of nitrogens with zero attached hydrogens (tertiary/aromatic N) is 3. The topological polar surface area (TPSA) is 61.1 Å². The van der Waals surface area contributed by atoms with Gasteiger partial charge >= 0.3 is 0 Å². The molecule has 0 atom stereocenters. The SMILES string of the molecule is CN=C(NCCc1cccs1)N1CCN(C(=O)c2ccco2)CC1.I. The fraction of sp³-hybridized carbons (Fsp3) is 0.412. The number of amides is 1. The van der Waals surface area contributed by atoms with Gasteiger partial charge in [-0.15, -0.1) is 35.3 Å². The van der Waals surface area contributed by atoms with Gasteiger partial charge in [0.1, 0.15) is 0 Å². The van der Waals surface area contributed by atoms with Crippen molar-refractivity contribution in [3.63, 3.8) is 0 Å². The van der Waals surface area contributed by atoms with E-state index in [0.29, 0.717) is 18.8 Å². The Labute approximate surface area is 168 Å². The number of carbonyl (C=O) groups is 1. The Morgan fingerprint density at radius 2 is 2.00 bits per heavy atom. The van der Waals surface area contributed by atoms with Crippen LogP contribution in [0.25, 0.3) is 0 Å². The van der Waals surface area contributed by atoms with E-state index in [1.807, 2.05) is 4.90 Å². The summed E-state index contributed by atoms with van der Waals surface area (Å²) >= 11 is 1.77. The van der Waals surface area contributed by atoms with Gasteiger partial charge in [0, 0.05) is 44.6 Å². The maximum Gasteiger partial charge on any atom is 0.289 e. The molecule has 2 aromatic rings. The molecule has 25 heavy (non-hydrogen) atoms. The Balaban J connectivity index is 0.00000225. The minimum atomic E-state index is -0.0414. The molecule has 1 amide bonds. The molecule has 0 saturated carbocycles. The van der Waals surface area contributed by atoms with Gasteiger partial charge < -0.3 is 19.5 Å². The molecule has 0 radical (unpaired) electrons. The zero-order valence-corrected chi connectivity index (χ0v) is 17.3. The number of guanidine groups is 1. The summed E-state index contributed by atoms with van der Waals surface area (Å²) in [5, 5.41) is 5.51. The molecule has 0 aliphatic carbocycles. The molecule has 3 rings (SSSR count). The number of rotatable bonds is 4. The maximum atomic E-state index is 12.3. The summed E-state index contributed by atoms with van der Waals surface area (Å²) in [6.45, 7) is 3.74. The van der Waals surface area contributed by atoms with Crippen LogP contribution in [0.4, 0.5) is 0 Å². The van der Waals surface area contributed by atoms with Crippen molar-refractivity contribution in [2.24, 2.45) is 4.99 Å². The van der Waals surface area contributed by atoms with Crippen molar-refractivity contribution in [1.29, 1.82) is 0 Å². The molecule has 136 valence electrons. The van der Waals surface area contributed by atoms with E-state index in [-0.39, 0.29) is 29.9 Å². The molecule has 0 aromatic carbocycles. The van der Waals surface area contributed by atoms with Crippen LogP contribution in [-0.4, -0.2) is 61.4 Å². The zero-order valence-electron chi connectivity index (χ0n) is 14.2. The molecular formula is C17H23IN4O2S. The molecule has 2 aromatic heterocycles. The number of thiophene rings is 1. The van der Waals surface area contributed by atoms with Crippen LogP contribution < -0.4 is 5.32 Å². The lowest BCUT2D eigenvalue weighted by Gasteiger charge is -2.36. The van der Waals surface area contributed by atoms with Crippen LogP contribution in [0.1, 0.15) is 15.4 Å². The zero-order chi connectivity index (χ0) is 16.8. The maximum absolute atomic E-state index is 12.3. The molecule has 1 fully saturated rings. The minimum absolute atomic E-state index is 0. The number of carbonyl (C=O) groups excluding carboxylic acids is 1. The number of piperazine rings is 1. The number of aliphatic imine (C=N–C) groups is 1. The van der Waals surface area contributed by atoms with Crippen LogP contribution in [-0.2, 0) is 6.42 Å². The van der Waals surface area contributed by atoms with Gasteiger partial charge in [0.25, 0.3) is 5.91 Å². The second kappa shape index (κ2) is 9.81. The molecule has 1 aliphatic rings. The van der Waals surface area contributed by atoms with Crippen LogP contribution in [0.5, 0.6) is 0 Å². The third-order valence-corrected chi connectivity index (χ3v) is 4.98. The lowest BCUT2D eigenvalue weighted by atomic mass is 10.3. The van der Waals surface area contributed by atoms with Gasteiger partial charge in [-0.05, 0) is 30.0 Å². The highest BCUT2D eigenvalue weighted by atomic mass is 127. The van der Waals surface area contributed by atoms with E-state index in [0.717, 1.165) is 32.0 Å². The Kier molecular flexibility index (Phi) is 7.76. The predicted octanol–water partition coefficient (Wildman–Crippen LogP) is 2.54. The van der Waals surface area contributed by atoms with Crippen molar-refractivity contribution >= 4 is 47.2 Å². The van der Waals surface area contributed by atoms with Gasteiger partial charge in [-0.3, -0.25) is 9.79 Å². The largest absolute Gasteiger partial charge is 0.459 e. The van der Waals surface area contributed by atoms with E-state index in [2.05, 4.69) is 32.7 Å². The number of hydrogen-bond acceptors (Lipinski definition) is 4. The van der Waals surface area contributed by atoms with Crippen LogP contribution >= 0.6 is 35.3 Å². The highest BCUT2D eigenvalue weighted by Gasteiger charge is 2.24. The quantitative estimate of drug-likeness (QED) is 0.421.